The Balaban J connectivity index is 1.60. The average Bonchev–Trinajstić information content (AvgIpc) is 3.15. The molecule has 0 spiro atoms. The number of fused-ring (bicyclic) bond motifs is 1. The van der Waals surface area contributed by atoms with Crippen LogP contribution >= 0.6 is 11.6 Å². The Kier molecular flexibility index (Phi) is 4.48. The van der Waals surface area contributed by atoms with Crippen molar-refractivity contribution in [3.63, 3.8) is 0 Å². The molecule has 3 aliphatic rings. The zero-order valence-corrected chi connectivity index (χ0v) is 17.7. The third-order valence-electron chi connectivity index (χ3n) is 5.92. The Labute approximate surface area is 179 Å². The number of sulfonamides is 1. The van der Waals surface area contributed by atoms with Crippen molar-refractivity contribution in [2.45, 2.75) is 38.0 Å². The van der Waals surface area contributed by atoms with Crippen molar-refractivity contribution in [3.8, 4) is 0 Å². The minimum Gasteiger partial charge on any atom is -0.269 e. The van der Waals surface area contributed by atoms with Crippen LogP contribution in [-0.4, -0.2) is 20.2 Å². The van der Waals surface area contributed by atoms with Crippen LogP contribution in [0, 0.1) is 0 Å². The number of hydrogen-bond acceptors (Lipinski definition) is 4. The van der Waals surface area contributed by atoms with Crippen molar-refractivity contribution in [1.29, 1.82) is 0 Å². The molecule has 0 saturated heterocycles. The molecule has 2 aromatic carbocycles. The molecule has 0 unspecified atom stereocenters. The van der Waals surface area contributed by atoms with Gasteiger partial charge in [-0.05, 0) is 43.4 Å². The van der Waals surface area contributed by atoms with Crippen LogP contribution in [-0.2, 0) is 31.9 Å². The smallest absolute Gasteiger partial charge is 0.261 e. The molecule has 1 aliphatic carbocycles. The molecule has 0 aromatic heterocycles. The summed E-state index contributed by atoms with van der Waals surface area (Å²) in [5.41, 5.74) is 3.02. The van der Waals surface area contributed by atoms with Gasteiger partial charge < -0.3 is 0 Å². The lowest BCUT2D eigenvalue weighted by molar-refractivity contribution is -0.120. The Bertz CT molecular complexity index is 1190. The number of nitrogens with zero attached hydrogens (tertiary/aromatic N) is 2. The number of amides is 2. The topological polar surface area (TPSA) is 74.8 Å². The highest BCUT2D eigenvalue weighted by Crippen LogP contribution is 2.47. The third kappa shape index (κ3) is 2.87. The Hall–Kier alpha value is -2.64. The van der Waals surface area contributed by atoms with Crippen LogP contribution in [0.2, 0.25) is 5.02 Å². The molecule has 0 radical (unpaired) electrons. The van der Waals surface area contributed by atoms with Crippen LogP contribution in [0.3, 0.4) is 0 Å². The molecule has 6 nitrogen and oxygen atoms in total. The first-order valence-corrected chi connectivity index (χ1v) is 11.8. The lowest BCUT2D eigenvalue weighted by Gasteiger charge is -2.22. The van der Waals surface area contributed by atoms with Gasteiger partial charge in [-0.25, -0.2) is 13.3 Å². The second-order valence-corrected chi connectivity index (χ2v) is 10.1. The maximum atomic E-state index is 13.0. The van der Waals surface area contributed by atoms with Gasteiger partial charge >= 0.3 is 0 Å². The number of rotatable bonds is 3. The van der Waals surface area contributed by atoms with Gasteiger partial charge in [-0.1, -0.05) is 41.9 Å². The zero-order chi connectivity index (χ0) is 21.0. The van der Waals surface area contributed by atoms with Gasteiger partial charge in [-0.15, -0.1) is 0 Å². The van der Waals surface area contributed by atoms with E-state index in [2.05, 4.69) is 0 Å². The van der Waals surface area contributed by atoms with Gasteiger partial charge in [0.1, 0.15) is 0 Å². The van der Waals surface area contributed by atoms with E-state index in [1.807, 2.05) is 30.3 Å². The molecule has 2 amide bonds. The third-order valence-corrected chi connectivity index (χ3v) is 7.86. The molecular formula is C22H19ClN2O4S. The number of benzene rings is 2. The molecule has 0 saturated carbocycles. The molecule has 0 atom stereocenters. The molecule has 8 heteroatoms. The summed E-state index contributed by atoms with van der Waals surface area (Å²) >= 11 is 6.43. The summed E-state index contributed by atoms with van der Waals surface area (Å²) in [6, 6.07) is 12.4. The molecule has 30 heavy (non-hydrogen) atoms. The first-order valence-electron chi connectivity index (χ1n) is 9.85. The van der Waals surface area contributed by atoms with E-state index in [4.69, 9.17) is 11.6 Å². The molecule has 0 N–H and O–H groups in total. The summed E-state index contributed by atoms with van der Waals surface area (Å²) in [4.78, 5) is 27.2. The molecule has 0 bridgehead atoms. The molecule has 5 rings (SSSR count). The summed E-state index contributed by atoms with van der Waals surface area (Å²) in [7, 11) is -3.69. The minimum absolute atomic E-state index is 0.135. The summed E-state index contributed by atoms with van der Waals surface area (Å²) in [5, 5.41) is 0.280. The SMILES string of the molecule is O=C1C2=C(CCCC2)C(=O)N1c1ccc(Cl)c2c1CS(=O)(=O)N2Cc1ccccc1. The molecule has 154 valence electrons. The first-order chi connectivity index (χ1) is 14.4. The Morgan fingerprint density at radius 1 is 0.900 bits per heavy atom. The van der Waals surface area contributed by atoms with E-state index >= 15 is 0 Å². The lowest BCUT2D eigenvalue weighted by atomic mass is 9.93. The van der Waals surface area contributed by atoms with Gasteiger partial charge in [0.25, 0.3) is 11.8 Å². The fraction of sp³-hybridized carbons (Fsp3) is 0.273. The molecular weight excluding hydrogens is 424 g/mol. The van der Waals surface area contributed by atoms with Gasteiger partial charge in [0.05, 0.1) is 28.7 Å². The van der Waals surface area contributed by atoms with E-state index in [1.165, 1.54) is 4.31 Å². The van der Waals surface area contributed by atoms with E-state index in [0.717, 1.165) is 23.3 Å². The van der Waals surface area contributed by atoms with Crippen LogP contribution < -0.4 is 9.21 Å². The van der Waals surface area contributed by atoms with Crippen LogP contribution in [0.15, 0.2) is 53.6 Å². The second kappa shape index (κ2) is 6.96. The highest BCUT2D eigenvalue weighted by Gasteiger charge is 2.44. The van der Waals surface area contributed by atoms with E-state index < -0.39 is 10.0 Å². The van der Waals surface area contributed by atoms with Crippen LogP contribution in [0.4, 0.5) is 11.4 Å². The number of anilines is 2. The number of imide groups is 1. The second-order valence-electron chi connectivity index (χ2n) is 7.75. The van der Waals surface area contributed by atoms with Gasteiger partial charge in [0.2, 0.25) is 10.0 Å². The fourth-order valence-electron chi connectivity index (χ4n) is 4.50. The summed E-state index contributed by atoms with van der Waals surface area (Å²) in [6.45, 7) is 0.135. The van der Waals surface area contributed by atoms with E-state index in [0.29, 0.717) is 40.9 Å². The number of halogens is 1. The van der Waals surface area contributed by atoms with Crippen molar-refractivity contribution < 1.29 is 18.0 Å². The lowest BCUT2D eigenvalue weighted by Crippen LogP contribution is -2.32. The summed E-state index contributed by atoms with van der Waals surface area (Å²) in [5.74, 6) is -0.969. The summed E-state index contributed by atoms with van der Waals surface area (Å²) < 4.78 is 27.3. The standard InChI is InChI=1S/C22H19ClN2O4S/c23-18-10-11-19(25-21(26)15-8-4-5-9-16(15)22(25)27)17-13-30(28,29)24(20(17)18)12-14-6-2-1-3-7-14/h1-3,6-7,10-11H,4-5,8-9,12-13H2. The van der Waals surface area contributed by atoms with Crippen molar-refractivity contribution in [2.24, 2.45) is 0 Å². The summed E-state index contributed by atoms with van der Waals surface area (Å²) in [6.07, 6.45) is 2.93. The van der Waals surface area contributed by atoms with Crippen molar-refractivity contribution in [3.05, 3.63) is 69.8 Å². The largest absolute Gasteiger partial charge is 0.269 e. The number of carbonyl (C=O) groups is 2. The first kappa shape index (κ1) is 19.3. The van der Waals surface area contributed by atoms with E-state index in [1.54, 1.807) is 12.1 Å². The van der Waals surface area contributed by atoms with E-state index in [-0.39, 0.29) is 29.1 Å². The molecule has 2 heterocycles. The zero-order valence-electron chi connectivity index (χ0n) is 16.1. The molecule has 2 aliphatic heterocycles. The Morgan fingerprint density at radius 2 is 1.53 bits per heavy atom. The highest BCUT2D eigenvalue weighted by atomic mass is 35.5. The average molecular weight is 443 g/mol. The van der Waals surface area contributed by atoms with Crippen LogP contribution in [0.25, 0.3) is 0 Å². The van der Waals surface area contributed by atoms with Crippen LogP contribution in [0.5, 0.6) is 0 Å². The highest BCUT2D eigenvalue weighted by molar-refractivity contribution is 7.92. The maximum absolute atomic E-state index is 13.0. The molecule has 2 aromatic rings. The predicted molar refractivity (Wildman–Crippen MR) is 115 cm³/mol. The van der Waals surface area contributed by atoms with Gasteiger partial charge in [-0.3, -0.25) is 13.9 Å². The predicted octanol–water partition coefficient (Wildman–Crippen LogP) is 3.93. The quantitative estimate of drug-likeness (QED) is 0.675. The maximum Gasteiger partial charge on any atom is 0.261 e. The molecule has 0 fully saturated rings. The fourth-order valence-corrected chi connectivity index (χ4v) is 6.47. The number of carbonyl (C=O) groups excluding carboxylic acids is 2. The van der Waals surface area contributed by atoms with Crippen molar-refractivity contribution in [1.82, 2.24) is 0 Å². The van der Waals surface area contributed by atoms with Gasteiger partial charge in [0, 0.05) is 16.7 Å². The normalized spacial score (nSPS) is 20.0. The van der Waals surface area contributed by atoms with E-state index in [9.17, 15) is 18.0 Å². The monoisotopic (exact) mass is 442 g/mol. The van der Waals surface area contributed by atoms with Gasteiger partial charge in [-0.2, -0.15) is 0 Å². The van der Waals surface area contributed by atoms with Gasteiger partial charge in [0.15, 0.2) is 0 Å². The Morgan fingerprint density at radius 3 is 2.17 bits per heavy atom. The van der Waals surface area contributed by atoms with Crippen LogP contribution in [0.1, 0.15) is 36.8 Å². The number of hydrogen-bond donors (Lipinski definition) is 0. The van der Waals surface area contributed by atoms with Crippen molar-refractivity contribution >= 4 is 44.8 Å². The minimum atomic E-state index is -3.69. The van der Waals surface area contributed by atoms with Crippen molar-refractivity contribution in [2.75, 3.05) is 9.21 Å².